The maximum absolute atomic E-state index is 13.2. The number of aromatic nitrogens is 2. The summed E-state index contributed by atoms with van der Waals surface area (Å²) in [6.45, 7) is 1.23. The topological polar surface area (TPSA) is 157 Å². The summed E-state index contributed by atoms with van der Waals surface area (Å²) in [6, 6.07) is 6.66. The van der Waals surface area contributed by atoms with E-state index >= 15 is 0 Å². The number of hydrogen-bond donors (Lipinski definition) is 5. The third-order valence-electron chi connectivity index (χ3n) is 5.61. The highest BCUT2D eigenvalue weighted by molar-refractivity contribution is 6.26. The van der Waals surface area contributed by atoms with Crippen LogP contribution in [0.1, 0.15) is 30.9 Å². The quantitative estimate of drug-likeness (QED) is 0.241. The van der Waals surface area contributed by atoms with Crippen LogP contribution in [0.15, 0.2) is 48.8 Å². The first-order chi connectivity index (χ1) is 18.0. The number of fused-ring (bicyclic) bond motifs is 1. The highest BCUT2D eigenvalue weighted by Crippen LogP contribution is 2.28. The Balaban J connectivity index is 1.78. The molecule has 0 bridgehead atoms. The predicted octanol–water partition coefficient (Wildman–Crippen LogP) is 2.75. The molecule has 10 nitrogen and oxygen atoms in total. The summed E-state index contributed by atoms with van der Waals surface area (Å²) in [7, 11) is 0. The number of halogens is 3. The van der Waals surface area contributed by atoms with Gasteiger partial charge in [-0.2, -0.15) is 13.2 Å². The van der Waals surface area contributed by atoms with Gasteiger partial charge in [0.1, 0.15) is 17.9 Å². The molecule has 38 heavy (non-hydrogen) atoms. The van der Waals surface area contributed by atoms with Crippen molar-refractivity contribution in [1.29, 1.82) is 5.41 Å². The first kappa shape index (κ1) is 28.0. The van der Waals surface area contributed by atoms with Crippen LogP contribution in [0.25, 0.3) is 10.9 Å². The van der Waals surface area contributed by atoms with Crippen LogP contribution in [0.5, 0.6) is 0 Å². The summed E-state index contributed by atoms with van der Waals surface area (Å²) in [6.07, 6.45) is -2.15. The molecule has 1 aromatic carbocycles. The van der Waals surface area contributed by atoms with Crippen LogP contribution in [0.2, 0.25) is 0 Å². The zero-order valence-electron chi connectivity index (χ0n) is 20.2. The van der Waals surface area contributed by atoms with Gasteiger partial charge in [0.05, 0.1) is 11.8 Å². The van der Waals surface area contributed by atoms with E-state index in [0.717, 1.165) is 28.6 Å². The van der Waals surface area contributed by atoms with Crippen LogP contribution in [-0.2, 0) is 31.8 Å². The van der Waals surface area contributed by atoms with Crippen molar-refractivity contribution in [3.8, 4) is 0 Å². The van der Waals surface area contributed by atoms with Crippen molar-refractivity contribution in [3.05, 3.63) is 59.9 Å². The number of carbonyl (C=O) groups excluding carboxylic acids is 4. The van der Waals surface area contributed by atoms with Crippen LogP contribution < -0.4 is 16.0 Å². The number of aromatic amines is 1. The molecule has 0 aliphatic heterocycles. The van der Waals surface area contributed by atoms with E-state index in [-0.39, 0.29) is 25.1 Å². The second kappa shape index (κ2) is 12.1. The lowest BCUT2D eigenvalue weighted by molar-refractivity contribution is -0.137. The number of carbonyl (C=O) groups is 4. The summed E-state index contributed by atoms with van der Waals surface area (Å²) in [5.41, 5.74) is 0.562. The Morgan fingerprint density at radius 3 is 2.42 bits per heavy atom. The number of nitrogens with one attached hydrogen (secondary N) is 5. The Hall–Kier alpha value is -4.55. The number of Topliss-reactive ketones (excluding diaryl/α,β-unsaturated/α-hetero) is 1. The van der Waals surface area contributed by atoms with E-state index in [4.69, 9.17) is 5.41 Å². The van der Waals surface area contributed by atoms with Crippen molar-refractivity contribution >= 4 is 46.4 Å². The van der Waals surface area contributed by atoms with Gasteiger partial charge in [0.15, 0.2) is 5.78 Å². The maximum Gasteiger partial charge on any atom is 0.417 e. The van der Waals surface area contributed by atoms with E-state index < -0.39 is 47.3 Å². The average molecular weight is 531 g/mol. The van der Waals surface area contributed by atoms with Gasteiger partial charge < -0.3 is 26.3 Å². The Morgan fingerprint density at radius 2 is 1.79 bits per heavy atom. The second-order valence-corrected chi connectivity index (χ2v) is 8.45. The number of para-hydroxylation sites is 1. The molecule has 0 spiro atoms. The molecule has 0 fully saturated rings. The van der Waals surface area contributed by atoms with Crippen LogP contribution in [0.3, 0.4) is 0 Å². The lowest BCUT2D eigenvalue weighted by Crippen LogP contribution is -2.53. The van der Waals surface area contributed by atoms with Gasteiger partial charge in [0.2, 0.25) is 17.7 Å². The third kappa shape index (κ3) is 7.48. The Kier molecular flexibility index (Phi) is 8.94. The summed E-state index contributed by atoms with van der Waals surface area (Å²) in [4.78, 5) is 56.3. The molecule has 13 heteroatoms. The van der Waals surface area contributed by atoms with Crippen LogP contribution >= 0.6 is 0 Å². The van der Waals surface area contributed by atoms with E-state index in [1.165, 1.54) is 6.92 Å². The summed E-state index contributed by atoms with van der Waals surface area (Å²) < 4.78 is 38.4. The minimum absolute atomic E-state index is 0.0870. The molecule has 3 rings (SSSR count). The molecule has 2 heterocycles. The van der Waals surface area contributed by atoms with E-state index in [1.54, 1.807) is 6.20 Å². The number of hydrogen-bond acceptors (Lipinski definition) is 6. The largest absolute Gasteiger partial charge is 0.417 e. The lowest BCUT2D eigenvalue weighted by atomic mass is 10.0. The van der Waals surface area contributed by atoms with Crippen LogP contribution in [0.4, 0.5) is 19.0 Å². The van der Waals surface area contributed by atoms with Crippen LogP contribution in [-0.4, -0.2) is 51.8 Å². The minimum Gasteiger partial charge on any atom is -0.361 e. The minimum atomic E-state index is -4.61. The molecule has 3 aromatic rings. The van der Waals surface area contributed by atoms with Crippen LogP contribution in [0, 0.1) is 5.41 Å². The Bertz CT molecular complexity index is 1340. The van der Waals surface area contributed by atoms with E-state index in [0.29, 0.717) is 12.4 Å². The number of benzene rings is 1. The summed E-state index contributed by atoms with van der Waals surface area (Å²) in [5, 5.41) is 15.3. The molecule has 0 aliphatic rings. The predicted molar refractivity (Wildman–Crippen MR) is 132 cm³/mol. The molecule has 0 radical (unpaired) electrons. The number of H-pyrrole nitrogens is 1. The first-order valence-corrected chi connectivity index (χ1v) is 11.5. The van der Waals surface area contributed by atoms with Gasteiger partial charge in [-0.25, -0.2) is 4.98 Å². The molecule has 0 saturated heterocycles. The SMILES string of the molecule is CC(=O)N[C@@H](Cc1c[nH]c2ccccc12)C(=O)N[C@@H](CCC(=O)C=N)C(=O)Nc1ccc(C(F)(F)F)cn1. The van der Waals surface area contributed by atoms with Crippen molar-refractivity contribution in [2.45, 2.75) is 44.4 Å². The third-order valence-corrected chi connectivity index (χ3v) is 5.61. The van der Waals surface area contributed by atoms with Crippen molar-refractivity contribution in [2.75, 3.05) is 5.32 Å². The molecule has 2 aromatic heterocycles. The molecule has 0 saturated carbocycles. The van der Waals surface area contributed by atoms with Gasteiger partial charge in [-0.1, -0.05) is 18.2 Å². The van der Waals surface area contributed by atoms with Gasteiger partial charge in [-0.05, 0) is 30.2 Å². The zero-order chi connectivity index (χ0) is 27.9. The number of alkyl halides is 3. The molecule has 3 amide bonds. The number of ketones is 1. The van der Waals surface area contributed by atoms with Crippen molar-refractivity contribution in [1.82, 2.24) is 20.6 Å². The average Bonchev–Trinajstić information content (AvgIpc) is 3.28. The molecular formula is C25H25F3N6O4. The summed E-state index contributed by atoms with van der Waals surface area (Å²) >= 11 is 0. The normalized spacial score (nSPS) is 12.8. The van der Waals surface area contributed by atoms with Gasteiger partial charge in [0.25, 0.3) is 0 Å². The number of pyridine rings is 1. The van der Waals surface area contributed by atoms with Gasteiger partial charge in [0, 0.05) is 43.1 Å². The Labute approximate surface area is 214 Å². The molecule has 200 valence electrons. The molecular weight excluding hydrogens is 505 g/mol. The fraction of sp³-hybridized carbons (Fsp3) is 0.280. The van der Waals surface area contributed by atoms with Gasteiger partial charge in [-0.15, -0.1) is 0 Å². The monoisotopic (exact) mass is 530 g/mol. The number of rotatable bonds is 11. The maximum atomic E-state index is 13.2. The second-order valence-electron chi connectivity index (χ2n) is 8.45. The fourth-order valence-electron chi connectivity index (χ4n) is 3.72. The van der Waals surface area contributed by atoms with Crippen molar-refractivity contribution in [2.24, 2.45) is 0 Å². The molecule has 0 unspecified atom stereocenters. The smallest absolute Gasteiger partial charge is 0.361 e. The highest BCUT2D eigenvalue weighted by Gasteiger charge is 2.31. The summed E-state index contributed by atoms with van der Waals surface area (Å²) in [5.74, 6) is -2.83. The molecule has 0 aliphatic carbocycles. The fourth-order valence-corrected chi connectivity index (χ4v) is 3.72. The lowest BCUT2D eigenvalue weighted by Gasteiger charge is -2.22. The number of amides is 3. The number of anilines is 1. The van der Waals surface area contributed by atoms with E-state index in [9.17, 15) is 32.3 Å². The Morgan fingerprint density at radius 1 is 1.05 bits per heavy atom. The van der Waals surface area contributed by atoms with E-state index in [2.05, 4.69) is 25.9 Å². The van der Waals surface area contributed by atoms with Crippen molar-refractivity contribution in [3.63, 3.8) is 0 Å². The van der Waals surface area contributed by atoms with Gasteiger partial charge in [-0.3, -0.25) is 19.2 Å². The zero-order valence-corrected chi connectivity index (χ0v) is 20.2. The molecule has 2 atom stereocenters. The van der Waals surface area contributed by atoms with E-state index in [1.807, 2.05) is 24.3 Å². The van der Waals surface area contributed by atoms with Crippen molar-refractivity contribution < 1.29 is 32.3 Å². The number of nitrogens with zero attached hydrogens (tertiary/aromatic N) is 1. The molecule has 5 N–H and O–H groups in total. The standard InChI is InChI=1S/C25H25F3N6O4/c1-14(35)32-21(10-15-12-30-19-5-3-2-4-18(15)19)24(38)33-20(8-7-17(36)11-29)23(37)34-22-9-6-16(13-31-22)25(26,27)28/h2-6,9,11-13,20-21,29-30H,7-8,10H2,1H3,(H,32,35)(H,33,38)(H,31,34,37)/t20-,21-/m0/s1. The first-order valence-electron chi connectivity index (χ1n) is 11.5. The van der Waals surface area contributed by atoms with Gasteiger partial charge >= 0.3 is 6.18 Å². The highest BCUT2D eigenvalue weighted by atomic mass is 19.4.